The first-order valence-electron chi connectivity index (χ1n) is 9.58. The van der Waals surface area contributed by atoms with Crippen LogP contribution in [0.2, 0.25) is 0 Å². The standard InChI is InChI=1S/C20H31N3O2/c1-16-3-2-4-18(13-16)19(23-9-11-25-12-10-23)15-22-20(24)6-5-17-7-8-21-14-17/h2-4,13,17,19,21H,5-12,14-15H2,1H3,(H,22,24). The minimum atomic E-state index is 0.179. The topological polar surface area (TPSA) is 53.6 Å². The van der Waals surface area contributed by atoms with Crippen molar-refractivity contribution < 1.29 is 9.53 Å². The van der Waals surface area contributed by atoms with Gasteiger partial charge in [-0.1, -0.05) is 29.8 Å². The first-order valence-corrected chi connectivity index (χ1v) is 9.58. The van der Waals surface area contributed by atoms with Crippen LogP contribution in [0, 0.1) is 12.8 Å². The van der Waals surface area contributed by atoms with Gasteiger partial charge in [-0.05, 0) is 44.3 Å². The van der Waals surface area contributed by atoms with Crippen LogP contribution < -0.4 is 10.6 Å². The summed E-state index contributed by atoms with van der Waals surface area (Å²) in [5, 5.41) is 6.55. The first kappa shape index (κ1) is 18.4. The third-order valence-electron chi connectivity index (χ3n) is 5.35. The fourth-order valence-electron chi connectivity index (χ4n) is 3.82. The lowest BCUT2D eigenvalue weighted by molar-refractivity contribution is -0.121. The molecule has 138 valence electrons. The molecule has 0 spiro atoms. The van der Waals surface area contributed by atoms with Gasteiger partial charge in [-0.2, -0.15) is 0 Å². The van der Waals surface area contributed by atoms with Crippen LogP contribution in [0.4, 0.5) is 0 Å². The number of aryl methyl sites for hydroxylation is 1. The van der Waals surface area contributed by atoms with Crippen molar-refractivity contribution in [1.82, 2.24) is 15.5 Å². The highest BCUT2D eigenvalue weighted by Crippen LogP contribution is 2.22. The molecule has 5 nitrogen and oxygen atoms in total. The molecule has 3 rings (SSSR count). The predicted molar refractivity (Wildman–Crippen MR) is 99.5 cm³/mol. The second kappa shape index (κ2) is 9.32. The molecule has 2 aliphatic heterocycles. The zero-order valence-electron chi connectivity index (χ0n) is 15.3. The number of morpholine rings is 1. The van der Waals surface area contributed by atoms with E-state index in [1.165, 1.54) is 17.5 Å². The van der Waals surface area contributed by atoms with E-state index in [4.69, 9.17) is 4.74 Å². The quantitative estimate of drug-likeness (QED) is 0.792. The van der Waals surface area contributed by atoms with Gasteiger partial charge in [-0.25, -0.2) is 0 Å². The predicted octanol–water partition coefficient (Wildman–Crippen LogP) is 1.87. The Hall–Kier alpha value is -1.43. The number of nitrogens with one attached hydrogen (secondary N) is 2. The molecule has 5 heteroatoms. The first-order chi connectivity index (χ1) is 12.2. The van der Waals surface area contributed by atoms with E-state index in [2.05, 4.69) is 46.7 Å². The van der Waals surface area contributed by atoms with E-state index in [0.717, 1.165) is 45.8 Å². The molecule has 1 amide bonds. The normalized spacial score (nSPS) is 22.7. The SMILES string of the molecule is Cc1cccc(C(CNC(=O)CCC2CCNC2)N2CCOCC2)c1. The molecule has 2 aliphatic rings. The molecule has 2 heterocycles. The van der Waals surface area contributed by atoms with E-state index in [9.17, 15) is 4.79 Å². The van der Waals surface area contributed by atoms with Gasteiger partial charge in [0.05, 0.1) is 19.3 Å². The molecule has 2 saturated heterocycles. The number of carbonyl (C=O) groups is 1. The summed E-state index contributed by atoms with van der Waals surface area (Å²) in [6, 6.07) is 8.85. The van der Waals surface area contributed by atoms with Gasteiger partial charge in [-0.3, -0.25) is 9.69 Å². The van der Waals surface area contributed by atoms with Crippen molar-refractivity contribution in [3.05, 3.63) is 35.4 Å². The van der Waals surface area contributed by atoms with Crippen LogP contribution in [0.15, 0.2) is 24.3 Å². The van der Waals surface area contributed by atoms with Crippen molar-refractivity contribution in [2.45, 2.75) is 32.2 Å². The maximum absolute atomic E-state index is 12.3. The van der Waals surface area contributed by atoms with Crippen LogP contribution in [0.25, 0.3) is 0 Å². The molecule has 2 N–H and O–H groups in total. The fraction of sp³-hybridized carbons (Fsp3) is 0.650. The van der Waals surface area contributed by atoms with Crippen molar-refractivity contribution in [2.24, 2.45) is 5.92 Å². The van der Waals surface area contributed by atoms with Crippen molar-refractivity contribution in [3.8, 4) is 0 Å². The second-order valence-electron chi connectivity index (χ2n) is 7.28. The van der Waals surface area contributed by atoms with Gasteiger partial charge in [-0.15, -0.1) is 0 Å². The molecule has 1 aromatic carbocycles. The molecule has 0 bridgehead atoms. The number of amides is 1. The third kappa shape index (κ3) is 5.53. The lowest BCUT2D eigenvalue weighted by atomic mass is 10.0. The minimum absolute atomic E-state index is 0.179. The molecule has 0 radical (unpaired) electrons. The molecule has 2 atom stereocenters. The number of carbonyl (C=O) groups excluding carboxylic acids is 1. The molecule has 2 fully saturated rings. The maximum atomic E-state index is 12.3. The lowest BCUT2D eigenvalue weighted by Gasteiger charge is -2.35. The van der Waals surface area contributed by atoms with Crippen molar-refractivity contribution in [3.63, 3.8) is 0 Å². The number of rotatable bonds is 7. The zero-order chi connectivity index (χ0) is 17.5. The lowest BCUT2D eigenvalue weighted by Crippen LogP contribution is -2.43. The summed E-state index contributed by atoms with van der Waals surface area (Å²) >= 11 is 0. The Labute approximate surface area is 151 Å². The van der Waals surface area contributed by atoms with Gasteiger partial charge in [0, 0.05) is 26.1 Å². The van der Waals surface area contributed by atoms with E-state index < -0.39 is 0 Å². The highest BCUT2D eigenvalue weighted by Gasteiger charge is 2.23. The summed E-state index contributed by atoms with van der Waals surface area (Å²) in [7, 11) is 0. The Morgan fingerprint density at radius 2 is 2.24 bits per heavy atom. The molecule has 0 saturated carbocycles. The summed E-state index contributed by atoms with van der Waals surface area (Å²) in [4.78, 5) is 14.7. The average molecular weight is 345 g/mol. The summed E-state index contributed by atoms with van der Waals surface area (Å²) < 4.78 is 5.50. The van der Waals surface area contributed by atoms with Gasteiger partial charge in [0.1, 0.15) is 0 Å². The zero-order valence-corrected chi connectivity index (χ0v) is 15.3. The average Bonchev–Trinajstić information content (AvgIpc) is 3.15. The monoisotopic (exact) mass is 345 g/mol. The van der Waals surface area contributed by atoms with Crippen LogP contribution >= 0.6 is 0 Å². The number of ether oxygens (including phenoxy) is 1. The van der Waals surface area contributed by atoms with E-state index in [0.29, 0.717) is 18.9 Å². The Morgan fingerprint density at radius 1 is 1.40 bits per heavy atom. The number of hydrogen-bond donors (Lipinski definition) is 2. The Morgan fingerprint density at radius 3 is 2.96 bits per heavy atom. The number of hydrogen-bond acceptors (Lipinski definition) is 4. The maximum Gasteiger partial charge on any atom is 0.220 e. The van der Waals surface area contributed by atoms with Gasteiger partial charge < -0.3 is 15.4 Å². The molecule has 25 heavy (non-hydrogen) atoms. The van der Waals surface area contributed by atoms with Crippen molar-refractivity contribution in [1.29, 1.82) is 0 Å². The second-order valence-corrected chi connectivity index (χ2v) is 7.28. The van der Waals surface area contributed by atoms with Gasteiger partial charge in [0.15, 0.2) is 0 Å². The van der Waals surface area contributed by atoms with Gasteiger partial charge >= 0.3 is 0 Å². The highest BCUT2D eigenvalue weighted by atomic mass is 16.5. The van der Waals surface area contributed by atoms with Crippen LogP contribution in [0.1, 0.15) is 36.4 Å². The summed E-state index contributed by atoms with van der Waals surface area (Å²) in [6.07, 6.45) is 2.83. The molecular formula is C20H31N3O2. The van der Waals surface area contributed by atoms with Crippen molar-refractivity contribution >= 4 is 5.91 Å². The molecule has 0 aliphatic carbocycles. The Bertz CT molecular complexity index is 552. The Kier molecular flexibility index (Phi) is 6.84. The highest BCUT2D eigenvalue weighted by molar-refractivity contribution is 5.75. The minimum Gasteiger partial charge on any atom is -0.379 e. The van der Waals surface area contributed by atoms with Crippen LogP contribution in [-0.2, 0) is 9.53 Å². The summed E-state index contributed by atoms with van der Waals surface area (Å²) in [5.74, 6) is 0.843. The number of nitrogens with zero attached hydrogens (tertiary/aromatic N) is 1. The number of benzene rings is 1. The van der Waals surface area contributed by atoms with Crippen LogP contribution in [0.5, 0.6) is 0 Å². The van der Waals surface area contributed by atoms with Gasteiger partial charge in [0.25, 0.3) is 0 Å². The molecule has 2 unspecified atom stereocenters. The van der Waals surface area contributed by atoms with Gasteiger partial charge in [0.2, 0.25) is 5.91 Å². The third-order valence-corrected chi connectivity index (χ3v) is 5.35. The largest absolute Gasteiger partial charge is 0.379 e. The van der Waals surface area contributed by atoms with Crippen molar-refractivity contribution in [2.75, 3.05) is 45.9 Å². The van der Waals surface area contributed by atoms with E-state index in [-0.39, 0.29) is 11.9 Å². The van der Waals surface area contributed by atoms with Crippen LogP contribution in [0.3, 0.4) is 0 Å². The Balaban J connectivity index is 1.56. The van der Waals surface area contributed by atoms with E-state index in [1.54, 1.807) is 0 Å². The van der Waals surface area contributed by atoms with Crippen LogP contribution in [-0.4, -0.2) is 56.7 Å². The summed E-state index contributed by atoms with van der Waals surface area (Å²) in [5.41, 5.74) is 2.54. The van der Waals surface area contributed by atoms with E-state index >= 15 is 0 Å². The smallest absolute Gasteiger partial charge is 0.220 e. The summed E-state index contributed by atoms with van der Waals surface area (Å²) in [6.45, 7) is 8.32. The fourth-order valence-corrected chi connectivity index (χ4v) is 3.82. The molecule has 0 aromatic heterocycles. The molecular weight excluding hydrogens is 314 g/mol. The van der Waals surface area contributed by atoms with E-state index in [1.807, 2.05) is 0 Å². The molecule has 1 aromatic rings.